The molecule has 0 atom stereocenters. The van der Waals surface area contributed by atoms with Crippen LogP contribution in [0.5, 0.6) is 5.75 Å². The summed E-state index contributed by atoms with van der Waals surface area (Å²) >= 11 is 5.38. The van der Waals surface area contributed by atoms with Gasteiger partial charge in [-0.2, -0.15) is 4.80 Å². The molecule has 7 nitrogen and oxygen atoms in total. The van der Waals surface area contributed by atoms with Crippen molar-refractivity contribution in [2.24, 2.45) is 0 Å². The number of thiocarbonyl (C=S) groups is 1. The number of ether oxygens (including phenoxy) is 1. The Labute approximate surface area is 204 Å². The Morgan fingerprint density at radius 3 is 2.44 bits per heavy atom. The van der Waals surface area contributed by atoms with Gasteiger partial charge in [-0.15, -0.1) is 10.2 Å². The number of fused-ring (bicyclic) bond motifs is 1. The van der Waals surface area contributed by atoms with E-state index in [2.05, 4.69) is 46.8 Å². The molecule has 0 saturated carbocycles. The van der Waals surface area contributed by atoms with E-state index in [-0.39, 0.29) is 11.0 Å². The number of anilines is 1. The summed E-state index contributed by atoms with van der Waals surface area (Å²) in [5.74, 6) is 0.791. The minimum atomic E-state index is -0.312. The Kier molecular flexibility index (Phi) is 6.88. The first-order valence-corrected chi connectivity index (χ1v) is 11.6. The van der Waals surface area contributed by atoms with E-state index in [0.717, 1.165) is 28.0 Å². The van der Waals surface area contributed by atoms with Gasteiger partial charge in [-0.05, 0) is 85.6 Å². The number of rotatable bonds is 6. The van der Waals surface area contributed by atoms with Gasteiger partial charge in [-0.25, -0.2) is 0 Å². The SMILES string of the molecule is CCOc1cccc(C(=O)NC(=S)Nc2cc3nn(-c4ccc(C(C)C)cc4)nc3cc2C)c1. The molecule has 4 aromatic rings. The van der Waals surface area contributed by atoms with Gasteiger partial charge in [-0.3, -0.25) is 10.1 Å². The first-order chi connectivity index (χ1) is 16.3. The van der Waals surface area contributed by atoms with E-state index >= 15 is 0 Å². The number of hydrogen-bond donors (Lipinski definition) is 2. The van der Waals surface area contributed by atoms with Crippen molar-refractivity contribution in [3.63, 3.8) is 0 Å². The number of amides is 1. The van der Waals surface area contributed by atoms with E-state index < -0.39 is 0 Å². The van der Waals surface area contributed by atoms with Gasteiger partial charge in [0.1, 0.15) is 16.8 Å². The number of aromatic nitrogens is 3. The van der Waals surface area contributed by atoms with Crippen LogP contribution in [0, 0.1) is 6.92 Å². The summed E-state index contributed by atoms with van der Waals surface area (Å²) < 4.78 is 5.46. The molecule has 0 saturated heterocycles. The molecule has 0 aliphatic heterocycles. The number of carbonyl (C=O) groups is 1. The summed E-state index contributed by atoms with van der Waals surface area (Å²) in [6, 6.07) is 19.0. The smallest absolute Gasteiger partial charge is 0.257 e. The van der Waals surface area contributed by atoms with Crippen LogP contribution in [0.1, 0.15) is 48.2 Å². The normalized spacial score (nSPS) is 11.0. The molecule has 0 bridgehead atoms. The molecule has 174 valence electrons. The van der Waals surface area contributed by atoms with E-state index in [1.165, 1.54) is 5.56 Å². The van der Waals surface area contributed by atoms with Crippen molar-refractivity contribution in [1.29, 1.82) is 0 Å². The Hall–Kier alpha value is -3.78. The summed E-state index contributed by atoms with van der Waals surface area (Å²) in [7, 11) is 0. The van der Waals surface area contributed by atoms with E-state index in [1.807, 2.05) is 38.1 Å². The molecule has 1 amide bonds. The van der Waals surface area contributed by atoms with E-state index in [0.29, 0.717) is 23.8 Å². The number of nitrogens with one attached hydrogen (secondary N) is 2. The van der Waals surface area contributed by atoms with Crippen molar-refractivity contribution in [2.45, 2.75) is 33.6 Å². The van der Waals surface area contributed by atoms with Crippen LogP contribution in [-0.2, 0) is 0 Å². The number of carbonyl (C=O) groups excluding carboxylic acids is 1. The molecule has 1 aromatic heterocycles. The Balaban J connectivity index is 1.49. The maximum absolute atomic E-state index is 12.6. The van der Waals surface area contributed by atoms with Crippen molar-refractivity contribution < 1.29 is 9.53 Å². The van der Waals surface area contributed by atoms with Crippen LogP contribution in [0.25, 0.3) is 16.7 Å². The molecule has 2 N–H and O–H groups in total. The summed E-state index contributed by atoms with van der Waals surface area (Å²) in [5, 5.41) is 15.3. The highest BCUT2D eigenvalue weighted by Gasteiger charge is 2.13. The largest absolute Gasteiger partial charge is 0.494 e. The van der Waals surface area contributed by atoms with Crippen molar-refractivity contribution in [2.75, 3.05) is 11.9 Å². The molecule has 4 rings (SSSR count). The number of aryl methyl sites for hydroxylation is 1. The van der Waals surface area contributed by atoms with Gasteiger partial charge < -0.3 is 10.1 Å². The van der Waals surface area contributed by atoms with E-state index in [9.17, 15) is 4.79 Å². The molecule has 34 heavy (non-hydrogen) atoms. The first-order valence-electron chi connectivity index (χ1n) is 11.2. The molecule has 1 heterocycles. The van der Waals surface area contributed by atoms with Crippen LogP contribution in [0.3, 0.4) is 0 Å². The lowest BCUT2D eigenvalue weighted by Crippen LogP contribution is -2.34. The molecule has 0 spiro atoms. The zero-order valence-corrected chi connectivity index (χ0v) is 20.4. The van der Waals surface area contributed by atoms with Crippen LogP contribution < -0.4 is 15.4 Å². The fourth-order valence-corrected chi connectivity index (χ4v) is 3.74. The number of benzene rings is 3. The van der Waals surface area contributed by atoms with E-state index in [4.69, 9.17) is 17.0 Å². The summed E-state index contributed by atoms with van der Waals surface area (Å²) in [5.41, 5.74) is 5.81. The Bertz CT molecular complexity index is 1350. The highest BCUT2D eigenvalue weighted by atomic mass is 32.1. The zero-order valence-electron chi connectivity index (χ0n) is 19.6. The van der Waals surface area contributed by atoms with Gasteiger partial charge in [0.15, 0.2) is 5.11 Å². The van der Waals surface area contributed by atoms with Crippen LogP contribution in [0.4, 0.5) is 5.69 Å². The third kappa shape index (κ3) is 5.23. The van der Waals surface area contributed by atoms with Crippen LogP contribution >= 0.6 is 12.2 Å². The average Bonchev–Trinajstić information content (AvgIpc) is 3.22. The monoisotopic (exact) mass is 473 g/mol. The fraction of sp³-hybridized carbons (Fsp3) is 0.231. The minimum Gasteiger partial charge on any atom is -0.494 e. The van der Waals surface area contributed by atoms with Crippen molar-refractivity contribution in [3.05, 3.63) is 77.4 Å². The standard InChI is InChI=1S/C26H27N5O2S/c1-5-33-21-8-6-7-19(14-21)25(32)28-26(34)27-22-15-24-23(13-17(22)4)29-31(30-24)20-11-9-18(10-12-20)16(2)3/h6-16H,5H2,1-4H3,(H2,27,28,32,34). The summed E-state index contributed by atoms with van der Waals surface area (Å²) in [6.45, 7) is 8.70. The fourth-order valence-electron chi connectivity index (χ4n) is 3.53. The lowest BCUT2D eigenvalue weighted by Gasteiger charge is -2.12. The van der Waals surface area contributed by atoms with Gasteiger partial charge in [0.05, 0.1) is 12.3 Å². The zero-order chi connectivity index (χ0) is 24.2. The van der Waals surface area contributed by atoms with Crippen LogP contribution in [-0.4, -0.2) is 32.6 Å². The minimum absolute atomic E-state index is 0.200. The average molecular weight is 474 g/mol. The summed E-state index contributed by atoms with van der Waals surface area (Å²) in [6.07, 6.45) is 0. The van der Waals surface area contributed by atoms with Gasteiger partial charge in [0, 0.05) is 11.3 Å². The molecule has 0 unspecified atom stereocenters. The lowest BCUT2D eigenvalue weighted by molar-refractivity contribution is 0.0977. The topological polar surface area (TPSA) is 81.1 Å². The predicted octanol–water partition coefficient (Wildman–Crippen LogP) is 5.38. The third-order valence-electron chi connectivity index (χ3n) is 5.40. The molecule has 0 aliphatic carbocycles. The van der Waals surface area contributed by atoms with Gasteiger partial charge in [0.2, 0.25) is 0 Å². The predicted molar refractivity (Wildman–Crippen MR) is 139 cm³/mol. The first kappa shape index (κ1) is 23.4. The summed E-state index contributed by atoms with van der Waals surface area (Å²) in [4.78, 5) is 14.2. The second-order valence-electron chi connectivity index (χ2n) is 8.26. The maximum atomic E-state index is 12.6. The molecule has 0 fully saturated rings. The van der Waals surface area contributed by atoms with Crippen molar-refractivity contribution in [1.82, 2.24) is 20.3 Å². The van der Waals surface area contributed by atoms with Gasteiger partial charge >= 0.3 is 0 Å². The molecule has 3 aromatic carbocycles. The van der Waals surface area contributed by atoms with Crippen molar-refractivity contribution in [3.8, 4) is 11.4 Å². The van der Waals surface area contributed by atoms with Crippen LogP contribution in [0.15, 0.2) is 60.7 Å². The highest BCUT2D eigenvalue weighted by Crippen LogP contribution is 2.23. The Morgan fingerprint density at radius 2 is 1.76 bits per heavy atom. The molecule has 0 aliphatic rings. The van der Waals surface area contributed by atoms with Gasteiger partial charge in [-0.1, -0.05) is 32.0 Å². The van der Waals surface area contributed by atoms with Crippen LogP contribution in [0.2, 0.25) is 0 Å². The van der Waals surface area contributed by atoms with Crippen molar-refractivity contribution >= 4 is 40.0 Å². The highest BCUT2D eigenvalue weighted by molar-refractivity contribution is 7.80. The molecular formula is C26H27N5O2S. The number of nitrogens with zero attached hydrogens (tertiary/aromatic N) is 3. The molecule has 0 radical (unpaired) electrons. The van der Waals surface area contributed by atoms with E-state index in [1.54, 1.807) is 29.1 Å². The lowest BCUT2D eigenvalue weighted by atomic mass is 10.0. The Morgan fingerprint density at radius 1 is 1.06 bits per heavy atom. The molecule has 8 heteroatoms. The van der Waals surface area contributed by atoms with Gasteiger partial charge in [0.25, 0.3) is 5.91 Å². The molecular weight excluding hydrogens is 446 g/mol. The second kappa shape index (κ2) is 10.0. The number of hydrogen-bond acceptors (Lipinski definition) is 5. The third-order valence-corrected chi connectivity index (χ3v) is 5.60. The maximum Gasteiger partial charge on any atom is 0.257 e. The second-order valence-corrected chi connectivity index (χ2v) is 8.67. The quantitative estimate of drug-likeness (QED) is 0.366.